The van der Waals surface area contributed by atoms with Crippen LogP contribution in [0.3, 0.4) is 0 Å². The van der Waals surface area contributed by atoms with Crippen LogP contribution in [0.1, 0.15) is 22.3 Å². The standard InChI is InChI=1S/C9H7.C9H13.CH3ClSi.2ClH.Hf/c1-2-5-9-7-3-6-8(9)4-1;1-6-5-7(2)9(4)8(6)3;1-3-2;;;/h1-7H;5H,1-4H3;1H3;2*1H;/q2*-1;;;;+2/p-2. The van der Waals surface area contributed by atoms with Crippen LogP contribution in [-0.4, -0.2) is 4.80 Å². The summed E-state index contributed by atoms with van der Waals surface area (Å²) in [5.74, 6) is 0. The van der Waals surface area contributed by atoms with Crippen molar-refractivity contribution >= 4 is 26.7 Å². The number of hydrogen-bond donors (Lipinski definition) is 0. The van der Waals surface area contributed by atoms with Gasteiger partial charge in [0, 0.05) is 0 Å². The molecule has 3 aromatic carbocycles. The van der Waals surface area contributed by atoms with Crippen molar-refractivity contribution in [3.05, 3.63) is 70.8 Å². The molecule has 5 heteroatoms. The van der Waals surface area contributed by atoms with Crippen molar-refractivity contribution in [3.63, 3.8) is 0 Å². The molecule has 130 valence electrons. The van der Waals surface area contributed by atoms with Gasteiger partial charge in [0.2, 0.25) is 0 Å². The van der Waals surface area contributed by atoms with Crippen LogP contribution in [0, 0.1) is 27.7 Å². The third-order valence-electron chi connectivity index (χ3n) is 3.73. The van der Waals surface area contributed by atoms with E-state index in [0.717, 1.165) is 0 Å². The van der Waals surface area contributed by atoms with Gasteiger partial charge in [-0.25, -0.2) is 0 Å². The minimum absolute atomic E-state index is 0. The van der Waals surface area contributed by atoms with Crippen LogP contribution in [0.15, 0.2) is 48.5 Å². The van der Waals surface area contributed by atoms with Gasteiger partial charge in [0.15, 0.2) is 0 Å². The molecule has 0 fully saturated rings. The number of aryl methyl sites for hydroxylation is 2. The molecule has 0 spiro atoms. The maximum Gasteiger partial charge on any atom is -0.0630 e. The van der Waals surface area contributed by atoms with Gasteiger partial charge in [-0.05, 0) is 0 Å². The molecule has 0 aromatic heterocycles. The van der Waals surface area contributed by atoms with Crippen LogP contribution in [0.5, 0.6) is 0 Å². The molecule has 0 aliphatic heterocycles. The molecule has 0 atom stereocenters. The molecule has 0 radical (unpaired) electrons. The minimum atomic E-state index is -0.269. The zero-order chi connectivity index (χ0) is 16.7. The number of benzene rings is 1. The van der Waals surface area contributed by atoms with Crippen LogP contribution in [-0.2, 0) is 23.0 Å². The van der Waals surface area contributed by atoms with Gasteiger partial charge in [-0.15, -0.1) is 29.7 Å². The van der Waals surface area contributed by atoms with E-state index in [4.69, 9.17) is 11.1 Å². The summed E-state index contributed by atoms with van der Waals surface area (Å²) in [5.41, 5.74) is 5.75. The summed E-state index contributed by atoms with van der Waals surface area (Å²) in [5, 5.41) is 2.66. The van der Waals surface area contributed by atoms with Crippen molar-refractivity contribution < 1.29 is 47.8 Å². The monoisotopic (exact) mass is 564 g/mol. The molecule has 0 heterocycles. The van der Waals surface area contributed by atoms with Gasteiger partial charge in [0.25, 0.3) is 0 Å². The smallest absolute Gasteiger partial charge is 0.0630 e. The number of hydrogen-bond acceptors (Lipinski definition) is 0. The van der Waals surface area contributed by atoms with E-state index in [1.165, 1.54) is 56.0 Å². The molecule has 0 unspecified atom stereocenters. The van der Waals surface area contributed by atoms with E-state index >= 15 is 0 Å². The third-order valence-corrected chi connectivity index (χ3v) is 3.73. The second-order valence-electron chi connectivity index (χ2n) is 5.45. The van der Waals surface area contributed by atoms with Crippen LogP contribution in [0.25, 0.3) is 10.8 Å². The average Bonchev–Trinajstić information content (AvgIpc) is 3.01. The quantitative estimate of drug-likeness (QED) is 0.207. The molecule has 0 aliphatic rings. The van der Waals surface area contributed by atoms with Crippen LogP contribution in [0.2, 0.25) is 6.55 Å². The van der Waals surface area contributed by atoms with Gasteiger partial charge in [-0.1, -0.05) is 33.8 Å². The normalized spacial score (nSPS) is 8.83. The fourth-order valence-electron chi connectivity index (χ4n) is 2.20. The summed E-state index contributed by atoms with van der Waals surface area (Å²) >= 11 is 6.65. The van der Waals surface area contributed by atoms with Crippen LogP contribution < -0.4 is 24.8 Å². The summed E-state index contributed by atoms with van der Waals surface area (Å²) in [6, 6.07) is 16.9. The summed E-state index contributed by atoms with van der Waals surface area (Å²) < 4.78 is 0. The Bertz CT molecular complexity index is 687. The first kappa shape index (κ1) is 26.4. The Kier molecular flexibility index (Phi) is 14.7. The van der Waals surface area contributed by atoms with Crippen molar-refractivity contribution in [2.75, 3.05) is 0 Å². The van der Waals surface area contributed by atoms with E-state index in [2.05, 4.69) is 82.8 Å². The van der Waals surface area contributed by atoms with E-state index < -0.39 is 0 Å². The summed E-state index contributed by atoms with van der Waals surface area (Å²) in [7, 11) is 0. The van der Waals surface area contributed by atoms with Crippen molar-refractivity contribution in [2.45, 2.75) is 34.2 Å². The van der Waals surface area contributed by atoms with Crippen molar-refractivity contribution in [3.8, 4) is 0 Å². The van der Waals surface area contributed by atoms with E-state index in [0.29, 0.717) is 0 Å². The molecule has 3 aromatic rings. The van der Waals surface area contributed by atoms with Crippen molar-refractivity contribution in [1.82, 2.24) is 0 Å². The first-order valence-electron chi connectivity index (χ1n) is 7.34. The minimum Gasteiger partial charge on any atom is -1.00 e. The van der Waals surface area contributed by atoms with Crippen LogP contribution in [0.4, 0.5) is 0 Å². The van der Waals surface area contributed by atoms with Gasteiger partial charge in [0.05, 0.1) is 0 Å². The summed E-state index contributed by atoms with van der Waals surface area (Å²) in [4.78, 5) is -0.269. The Morgan fingerprint density at radius 1 is 1.08 bits per heavy atom. The number of halogens is 3. The van der Waals surface area contributed by atoms with E-state index in [1.807, 2.05) is 0 Å². The van der Waals surface area contributed by atoms with E-state index in [-0.39, 0.29) is 29.6 Å². The third kappa shape index (κ3) is 9.01. The Morgan fingerprint density at radius 2 is 1.62 bits per heavy atom. The molecule has 3 rings (SSSR count). The van der Waals surface area contributed by atoms with Gasteiger partial charge in [0.1, 0.15) is 0 Å². The molecule has 0 N–H and O–H groups in total. The zero-order valence-electron chi connectivity index (χ0n) is 14.8. The van der Waals surface area contributed by atoms with Gasteiger partial charge >= 0.3 is 45.4 Å². The second-order valence-corrected chi connectivity index (χ2v) is 19.7. The first-order chi connectivity index (χ1) is 10.3. The Balaban J connectivity index is 0. The van der Waals surface area contributed by atoms with Gasteiger partial charge in [-0.2, -0.15) is 45.8 Å². The summed E-state index contributed by atoms with van der Waals surface area (Å²) in [6.07, 6.45) is 0. The SMILES string of the molecule is C[Si](Cl)=[Hf+2].Cc1c[c-](C)c(C)c1C.[Cl-].[Cl-].c1ccc2[cH-]ccc2c1. The van der Waals surface area contributed by atoms with Crippen molar-refractivity contribution in [2.24, 2.45) is 0 Å². The first-order valence-corrected chi connectivity index (χ1v) is 15.7. The number of fused-ring (bicyclic) bond motifs is 1. The molecule has 0 nitrogen and oxygen atoms in total. The summed E-state index contributed by atoms with van der Waals surface area (Å²) in [6.45, 7) is 10.8. The van der Waals surface area contributed by atoms with Crippen molar-refractivity contribution in [1.29, 1.82) is 0 Å². The zero-order valence-corrected chi connectivity index (χ0v) is 21.6. The van der Waals surface area contributed by atoms with Gasteiger partial charge < -0.3 is 24.8 Å². The molecule has 0 saturated heterocycles. The Morgan fingerprint density at radius 3 is 2.00 bits per heavy atom. The molecule has 0 amide bonds. The number of rotatable bonds is 0. The maximum atomic E-state index is 5.44. The fourth-order valence-corrected chi connectivity index (χ4v) is 2.20. The Labute approximate surface area is 178 Å². The fraction of sp³-hybridized carbons (Fsp3) is 0.263. The van der Waals surface area contributed by atoms with Gasteiger partial charge in [-0.3, -0.25) is 0 Å². The topological polar surface area (TPSA) is 0 Å². The second kappa shape index (κ2) is 13.4. The molecule has 0 bridgehead atoms. The predicted molar refractivity (Wildman–Crippen MR) is 98.0 cm³/mol. The van der Waals surface area contributed by atoms with E-state index in [9.17, 15) is 0 Å². The molecule has 0 aliphatic carbocycles. The molecular formula is C19H23Cl3HfSi-2. The molecule has 24 heavy (non-hydrogen) atoms. The molecule has 0 saturated carbocycles. The Hall–Kier alpha value is 0.137. The average molecular weight is 564 g/mol. The molecular weight excluding hydrogens is 541 g/mol. The van der Waals surface area contributed by atoms with Crippen LogP contribution >= 0.6 is 11.1 Å². The maximum absolute atomic E-state index is 5.44. The predicted octanol–water partition coefficient (Wildman–Crippen LogP) is 0.0959. The van der Waals surface area contributed by atoms with E-state index in [1.54, 1.807) is 0 Å². The largest absolute Gasteiger partial charge is 1.00 e.